The number of hydrogen-bond donors (Lipinski definition) is 2. The van der Waals surface area contributed by atoms with Crippen LogP contribution in [-0.2, 0) is 18.9 Å². The highest BCUT2D eigenvalue weighted by molar-refractivity contribution is 6.08. The summed E-state index contributed by atoms with van der Waals surface area (Å²) in [6.45, 7) is 9.72. The molecule has 8 heteroatoms. The van der Waals surface area contributed by atoms with Gasteiger partial charge < -0.3 is 10.3 Å². The average Bonchev–Trinajstić information content (AvgIpc) is 3.55. The van der Waals surface area contributed by atoms with Crippen LogP contribution in [-0.4, -0.2) is 35.4 Å². The topological polar surface area (TPSA) is 93.4 Å². The second-order valence-electron chi connectivity index (χ2n) is 8.76. The number of fused-ring (bicyclic) bond motifs is 1. The van der Waals surface area contributed by atoms with Gasteiger partial charge in [-0.05, 0) is 55.2 Å². The van der Waals surface area contributed by atoms with Gasteiger partial charge in [-0.15, -0.1) is 0 Å². The minimum atomic E-state index is -0.240. The molecule has 0 saturated heterocycles. The number of anilines is 1. The van der Waals surface area contributed by atoms with E-state index < -0.39 is 0 Å². The smallest absolute Gasteiger partial charge is 0.247 e. The van der Waals surface area contributed by atoms with E-state index in [0.29, 0.717) is 0 Å². The second-order valence-corrected chi connectivity index (χ2v) is 8.76. The molecular weight excluding hydrogens is 438 g/mol. The largest absolute Gasteiger partial charge is 0.339 e. The molecule has 1 amide bonds. The van der Waals surface area contributed by atoms with E-state index in [9.17, 15) is 4.79 Å². The van der Waals surface area contributed by atoms with E-state index in [2.05, 4.69) is 40.1 Å². The summed E-state index contributed by atoms with van der Waals surface area (Å²) in [4.78, 5) is 20.5. The maximum atomic E-state index is 12.2. The minimum absolute atomic E-state index is 0.240. The molecule has 0 atom stereocenters. The van der Waals surface area contributed by atoms with Crippen LogP contribution in [0.5, 0.6) is 0 Å². The molecule has 0 spiro atoms. The third-order valence-corrected chi connectivity index (χ3v) is 6.55. The maximum absolute atomic E-state index is 12.2. The van der Waals surface area contributed by atoms with Gasteiger partial charge in [-0.25, -0.2) is 4.98 Å². The molecule has 176 valence electrons. The Morgan fingerprint density at radius 3 is 2.51 bits per heavy atom. The molecule has 4 aromatic heterocycles. The number of nitrogens with zero attached hydrogens (tertiary/aromatic N) is 5. The zero-order valence-corrected chi connectivity index (χ0v) is 20.5. The van der Waals surface area contributed by atoms with Gasteiger partial charge in [0.25, 0.3) is 0 Å². The number of benzene rings is 1. The zero-order chi connectivity index (χ0) is 24.9. The lowest BCUT2D eigenvalue weighted by atomic mass is 9.91. The van der Waals surface area contributed by atoms with E-state index >= 15 is 0 Å². The molecule has 0 aliphatic carbocycles. The van der Waals surface area contributed by atoms with Crippen LogP contribution >= 0.6 is 0 Å². The number of carbonyl (C=O) groups excluding carboxylic acids is 1. The number of aryl methyl sites for hydroxylation is 4. The molecule has 8 nitrogen and oxygen atoms in total. The summed E-state index contributed by atoms with van der Waals surface area (Å²) in [6.07, 6.45) is 8.79. The standard InChI is InChI=1S/C27H27N7O/c1-7-22(35)31-25-15(2)8-9-19(17(25)4)24-23-16(3)20(21-10-11-29-34(21)6)13-28-27(23)32-26(24)18-12-30-33(5)14-18/h7-14H,1H2,2-6H3,(H,28,32)(H,31,35). The van der Waals surface area contributed by atoms with Gasteiger partial charge >= 0.3 is 0 Å². The second kappa shape index (κ2) is 8.39. The molecular formula is C27H27N7O. The SMILES string of the molecule is C=CC(=O)Nc1c(C)ccc(-c2c(-c3cnn(C)c3)[nH]c3ncc(-c4ccnn4C)c(C)c23)c1C. The summed E-state index contributed by atoms with van der Waals surface area (Å²) in [5.74, 6) is -0.240. The van der Waals surface area contributed by atoms with Crippen LogP contribution in [0.15, 0.2) is 55.6 Å². The van der Waals surface area contributed by atoms with Crippen LogP contribution in [0.25, 0.3) is 44.7 Å². The molecule has 0 fully saturated rings. The van der Waals surface area contributed by atoms with Crippen molar-refractivity contribution in [2.45, 2.75) is 20.8 Å². The molecule has 0 saturated carbocycles. The highest BCUT2D eigenvalue weighted by atomic mass is 16.1. The van der Waals surface area contributed by atoms with Gasteiger partial charge in [0.1, 0.15) is 5.65 Å². The molecule has 4 heterocycles. The van der Waals surface area contributed by atoms with Crippen molar-refractivity contribution in [1.82, 2.24) is 29.5 Å². The molecule has 0 radical (unpaired) electrons. The number of H-pyrrole nitrogens is 1. The van der Waals surface area contributed by atoms with Gasteiger partial charge in [-0.3, -0.25) is 14.2 Å². The Morgan fingerprint density at radius 2 is 1.86 bits per heavy atom. The summed E-state index contributed by atoms with van der Waals surface area (Å²) in [6, 6.07) is 6.12. The first-order valence-electron chi connectivity index (χ1n) is 11.3. The van der Waals surface area contributed by atoms with Gasteiger partial charge in [0, 0.05) is 60.4 Å². The molecule has 0 unspecified atom stereocenters. The Balaban J connectivity index is 1.86. The van der Waals surface area contributed by atoms with Gasteiger partial charge in [-0.2, -0.15) is 10.2 Å². The number of rotatable bonds is 5. The van der Waals surface area contributed by atoms with Crippen molar-refractivity contribution in [1.29, 1.82) is 0 Å². The average molecular weight is 466 g/mol. The van der Waals surface area contributed by atoms with Crippen LogP contribution < -0.4 is 5.32 Å². The highest BCUT2D eigenvalue weighted by Gasteiger charge is 2.23. The van der Waals surface area contributed by atoms with Crippen LogP contribution in [0.4, 0.5) is 5.69 Å². The van der Waals surface area contributed by atoms with Crippen molar-refractivity contribution in [3.05, 3.63) is 72.3 Å². The van der Waals surface area contributed by atoms with Crippen LogP contribution in [0, 0.1) is 20.8 Å². The Bertz CT molecular complexity index is 1620. The quantitative estimate of drug-likeness (QED) is 0.354. The summed E-state index contributed by atoms with van der Waals surface area (Å²) in [5.41, 5.74) is 10.5. The van der Waals surface area contributed by atoms with Gasteiger partial charge in [0.2, 0.25) is 5.91 Å². The van der Waals surface area contributed by atoms with E-state index in [0.717, 1.165) is 67.1 Å². The number of carbonyl (C=O) groups is 1. The fourth-order valence-corrected chi connectivity index (χ4v) is 4.73. The minimum Gasteiger partial charge on any atom is -0.339 e. The predicted molar refractivity (Wildman–Crippen MR) is 139 cm³/mol. The third-order valence-electron chi connectivity index (χ3n) is 6.55. The lowest BCUT2D eigenvalue weighted by Gasteiger charge is -2.16. The lowest BCUT2D eigenvalue weighted by molar-refractivity contribution is -0.111. The third kappa shape index (κ3) is 3.63. The summed E-state index contributed by atoms with van der Waals surface area (Å²) < 4.78 is 3.63. The Kier molecular flexibility index (Phi) is 5.36. The van der Waals surface area contributed by atoms with Crippen molar-refractivity contribution in [3.63, 3.8) is 0 Å². The number of pyridine rings is 1. The van der Waals surface area contributed by atoms with Gasteiger partial charge in [-0.1, -0.05) is 18.7 Å². The number of nitrogens with one attached hydrogen (secondary N) is 2. The van der Waals surface area contributed by atoms with Crippen molar-refractivity contribution >= 4 is 22.6 Å². The molecule has 0 aliphatic heterocycles. The molecule has 0 aliphatic rings. The number of amides is 1. The maximum Gasteiger partial charge on any atom is 0.247 e. The van der Waals surface area contributed by atoms with E-state index in [1.165, 1.54) is 6.08 Å². The lowest BCUT2D eigenvalue weighted by Crippen LogP contribution is -2.10. The molecule has 2 N–H and O–H groups in total. The molecule has 35 heavy (non-hydrogen) atoms. The van der Waals surface area contributed by atoms with Gasteiger partial charge in [0.15, 0.2) is 0 Å². The summed E-state index contributed by atoms with van der Waals surface area (Å²) >= 11 is 0. The first-order chi connectivity index (χ1) is 16.8. The fourth-order valence-electron chi connectivity index (χ4n) is 4.73. The Morgan fingerprint density at radius 1 is 1.06 bits per heavy atom. The van der Waals surface area contributed by atoms with Crippen LogP contribution in [0.3, 0.4) is 0 Å². The summed E-state index contributed by atoms with van der Waals surface area (Å²) in [7, 11) is 3.83. The normalized spacial score (nSPS) is 11.2. The van der Waals surface area contributed by atoms with E-state index in [1.54, 1.807) is 10.9 Å². The van der Waals surface area contributed by atoms with Crippen molar-refractivity contribution in [2.75, 3.05) is 5.32 Å². The highest BCUT2D eigenvalue weighted by Crippen LogP contribution is 2.44. The predicted octanol–water partition coefficient (Wildman–Crippen LogP) is 5.08. The Hall–Kier alpha value is -4.46. The number of aromatic nitrogens is 6. The van der Waals surface area contributed by atoms with E-state index in [1.807, 2.05) is 63.3 Å². The van der Waals surface area contributed by atoms with Crippen LogP contribution in [0.2, 0.25) is 0 Å². The van der Waals surface area contributed by atoms with Gasteiger partial charge in [0.05, 0.1) is 17.6 Å². The molecule has 0 bridgehead atoms. The van der Waals surface area contributed by atoms with Crippen molar-refractivity contribution in [2.24, 2.45) is 14.1 Å². The summed E-state index contributed by atoms with van der Waals surface area (Å²) in [5, 5.41) is 12.7. The van der Waals surface area contributed by atoms with Crippen molar-refractivity contribution in [3.8, 4) is 33.6 Å². The number of aromatic amines is 1. The Labute approximate surface area is 203 Å². The first-order valence-corrected chi connectivity index (χ1v) is 11.3. The zero-order valence-electron chi connectivity index (χ0n) is 20.5. The molecule has 5 aromatic rings. The van der Waals surface area contributed by atoms with E-state index in [-0.39, 0.29) is 5.91 Å². The monoisotopic (exact) mass is 465 g/mol. The van der Waals surface area contributed by atoms with E-state index in [4.69, 9.17) is 4.98 Å². The fraction of sp³-hybridized carbons (Fsp3) is 0.185. The molecule has 5 rings (SSSR count). The first kappa shape index (κ1) is 22.3. The molecule has 1 aromatic carbocycles. The number of hydrogen-bond acceptors (Lipinski definition) is 4. The van der Waals surface area contributed by atoms with Crippen LogP contribution in [0.1, 0.15) is 16.7 Å². The van der Waals surface area contributed by atoms with Crippen molar-refractivity contribution < 1.29 is 4.79 Å².